The van der Waals surface area contributed by atoms with Crippen molar-refractivity contribution in [1.82, 2.24) is 4.57 Å². The van der Waals surface area contributed by atoms with Crippen LogP contribution in [0.2, 0.25) is 0 Å². The Morgan fingerprint density at radius 1 is 0.289 bits per heavy atom. The Hall–Kier alpha value is -9.70. The fourth-order valence-corrected chi connectivity index (χ4v) is 12.6. The Morgan fingerprint density at radius 3 is 1.41 bits per heavy atom. The van der Waals surface area contributed by atoms with E-state index in [1.54, 1.807) is 0 Å². The van der Waals surface area contributed by atoms with Crippen molar-refractivity contribution in [3.63, 3.8) is 0 Å². The molecule has 0 N–H and O–H groups in total. The van der Waals surface area contributed by atoms with Crippen LogP contribution < -0.4 is 9.80 Å². The summed E-state index contributed by atoms with van der Waals surface area (Å²) in [7, 11) is 0. The highest BCUT2D eigenvalue weighted by molar-refractivity contribution is 6.33. The zero-order chi connectivity index (χ0) is 50.5. The van der Waals surface area contributed by atoms with Gasteiger partial charge >= 0.3 is 0 Å². The molecule has 1 heterocycles. The zero-order valence-corrected chi connectivity index (χ0v) is 42.3. The largest absolute Gasteiger partial charge is 0.311 e. The molecule has 0 radical (unpaired) electrons. The van der Waals surface area contributed by atoms with Gasteiger partial charge in [-0.1, -0.05) is 184 Å². The lowest BCUT2D eigenvalue weighted by molar-refractivity contribution is 0.660. The number of para-hydroxylation sites is 3. The first-order valence-corrected chi connectivity index (χ1v) is 26.4. The van der Waals surface area contributed by atoms with E-state index in [9.17, 15) is 0 Å². The maximum atomic E-state index is 2.48. The van der Waals surface area contributed by atoms with Gasteiger partial charge in [-0.3, -0.25) is 0 Å². The molecule has 14 aromatic rings. The van der Waals surface area contributed by atoms with Crippen molar-refractivity contribution in [1.29, 1.82) is 0 Å². The van der Waals surface area contributed by atoms with Gasteiger partial charge < -0.3 is 14.4 Å². The Morgan fingerprint density at radius 2 is 0.750 bits per heavy atom. The second-order valence-electron chi connectivity index (χ2n) is 20.9. The second kappa shape index (κ2) is 17.2. The smallest absolute Gasteiger partial charge is 0.0553 e. The Kier molecular flexibility index (Phi) is 9.92. The number of hydrogen-bond acceptors (Lipinski definition) is 2. The molecule has 0 fully saturated rings. The molecule has 0 bridgehead atoms. The molecule has 0 spiro atoms. The summed E-state index contributed by atoms with van der Waals surface area (Å²) >= 11 is 0. The minimum Gasteiger partial charge on any atom is -0.311 e. The van der Waals surface area contributed by atoms with Crippen molar-refractivity contribution in [2.24, 2.45) is 0 Å². The first-order valence-electron chi connectivity index (χ1n) is 26.4. The molecule has 15 rings (SSSR count). The van der Waals surface area contributed by atoms with Crippen LogP contribution in [0.25, 0.3) is 93.2 Å². The summed E-state index contributed by atoms with van der Waals surface area (Å²) in [4.78, 5) is 4.73. The van der Waals surface area contributed by atoms with Gasteiger partial charge in [0.05, 0.1) is 11.0 Å². The molecule has 76 heavy (non-hydrogen) atoms. The maximum Gasteiger partial charge on any atom is 0.0553 e. The Balaban J connectivity index is 0.834. The monoisotopic (exact) mass is 969 g/mol. The molecule has 3 nitrogen and oxygen atoms in total. The van der Waals surface area contributed by atoms with Gasteiger partial charge in [-0.25, -0.2) is 0 Å². The number of fused-ring (bicyclic) bond motifs is 7. The van der Waals surface area contributed by atoms with Crippen LogP contribution in [0.15, 0.2) is 273 Å². The van der Waals surface area contributed by atoms with Gasteiger partial charge in [0.1, 0.15) is 0 Å². The first kappa shape index (κ1) is 43.8. The van der Waals surface area contributed by atoms with Crippen LogP contribution in [0.3, 0.4) is 0 Å². The summed E-state index contributed by atoms with van der Waals surface area (Å²) in [6.07, 6.45) is 0. The summed E-state index contributed by atoms with van der Waals surface area (Å²) in [6, 6.07) is 100. The van der Waals surface area contributed by atoms with E-state index in [0.29, 0.717) is 0 Å². The average molecular weight is 970 g/mol. The second-order valence-corrected chi connectivity index (χ2v) is 20.9. The predicted molar refractivity (Wildman–Crippen MR) is 322 cm³/mol. The fraction of sp³-hybridized carbons (Fsp3) is 0.0411. The molecule has 0 unspecified atom stereocenters. The van der Waals surface area contributed by atoms with Crippen molar-refractivity contribution < 1.29 is 0 Å². The van der Waals surface area contributed by atoms with Gasteiger partial charge in [0.2, 0.25) is 0 Å². The van der Waals surface area contributed by atoms with Crippen LogP contribution in [-0.4, -0.2) is 4.57 Å². The summed E-state index contributed by atoms with van der Waals surface area (Å²) in [5.41, 5.74) is 20.0. The van der Waals surface area contributed by atoms with E-state index in [0.717, 1.165) is 39.8 Å². The third-order valence-corrected chi connectivity index (χ3v) is 16.3. The van der Waals surface area contributed by atoms with E-state index in [4.69, 9.17) is 0 Å². The van der Waals surface area contributed by atoms with E-state index < -0.39 is 0 Å². The molecule has 0 amide bonds. The van der Waals surface area contributed by atoms with Gasteiger partial charge in [0.15, 0.2) is 0 Å². The molecule has 358 valence electrons. The summed E-state index contributed by atoms with van der Waals surface area (Å²) < 4.78 is 2.48. The number of aromatic nitrogens is 1. The molecular weight excluding hydrogens is 919 g/mol. The van der Waals surface area contributed by atoms with Gasteiger partial charge in [0.25, 0.3) is 0 Å². The minimum absolute atomic E-state index is 0.269. The lowest BCUT2D eigenvalue weighted by atomic mass is 9.81. The topological polar surface area (TPSA) is 11.4 Å². The third kappa shape index (κ3) is 6.90. The highest BCUT2D eigenvalue weighted by Crippen LogP contribution is 2.52. The number of benzene rings is 13. The molecule has 0 saturated heterocycles. The Bertz CT molecular complexity index is 4450. The molecule has 0 atom stereocenters. The predicted octanol–water partition coefficient (Wildman–Crippen LogP) is 20.3. The van der Waals surface area contributed by atoms with Crippen LogP contribution in [0, 0.1) is 0 Å². The number of anilines is 6. The quantitative estimate of drug-likeness (QED) is 0.134. The highest BCUT2D eigenvalue weighted by Gasteiger charge is 2.36. The summed E-state index contributed by atoms with van der Waals surface area (Å²) in [5.74, 6) is 0. The normalized spacial score (nSPS) is 12.7. The van der Waals surface area contributed by atoms with Gasteiger partial charge in [-0.05, 0) is 180 Å². The summed E-state index contributed by atoms with van der Waals surface area (Å²) in [6.45, 7) is 4.80. The standard InChI is InChI=1S/C73H51N3/c1-73(2)66-44-52(53-32-41-64-68(45-53)76(57-24-13-6-14-25-57)69-46-54-27-26-50-18-15-19-51-30-42-65(72(64)69)71(54)70(50)51)31-40-62(66)63-43-39-61(47-67(63)73)75(58-33-28-49(29-34-58)48-16-7-3-8-17-48)60-37-35-59(36-38-60)74(55-20-9-4-10-21-55)56-22-11-5-12-23-56/h3-47H,1-2H3. The zero-order valence-electron chi connectivity index (χ0n) is 42.3. The van der Waals surface area contributed by atoms with Gasteiger partial charge in [-0.2, -0.15) is 0 Å². The maximum absolute atomic E-state index is 2.48. The van der Waals surface area contributed by atoms with Crippen molar-refractivity contribution in [3.8, 4) is 39.1 Å². The number of nitrogens with zero attached hydrogens (tertiary/aromatic N) is 3. The van der Waals surface area contributed by atoms with Crippen molar-refractivity contribution in [2.45, 2.75) is 19.3 Å². The lowest BCUT2D eigenvalue weighted by Crippen LogP contribution is -2.17. The number of hydrogen-bond donors (Lipinski definition) is 0. The van der Waals surface area contributed by atoms with E-state index in [-0.39, 0.29) is 5.41 Å². The van der Waals surface area contributed by atoms with Crippen LogP contribution in [-0.2, 0) is 5.41 Å². The van der Waals surface area contributed by atoms with Crippen LogP contribution >= 0.6 is 0 Å². The van der Waals surface area contributed by atoms with Crippen LogP contribution in [0.1, 0.15) is 25.0 Å². The molecule has 1 aliphatic carbocycles. The van der Waals surface area contributed by atoms with E-state index in [1.807, 2.05) is 0 Å². The molecule has 1 aliphatic rings. The molecule has 13 aromatic carbocycles. The van der Waals surface area contributed by atoms with E-state index in [1.165, 1.54) is 98.6 Å². The summed E-state index contributed by atoms with van der Waals surface area (Å²) in [5, 5.41) is 10.4. The van der Waals surface area contributed by atoms with Gasteiger partial charge in [-0.15, -0.1) is 0 Å². The Labute approximate surface area is 442 Å². The minimum atomic E-state index is -0.269. The number of rotatable bonds is 9. The van der Waals surface area contributed by atoms with Crippen LogP contribution in [0.4, 0.5) is 34.1 Å². The average Bonchev–Trinajstić information content (AvgIpc) is 3.98. The highest BCUT2D eigenvalue weighted by atomic mass is 15.2. The molecule has 0 aliphatic heterocycles. The lowest BCUT2D eigenvalue weighted by Gasteiger charge is -2.29. The molecular formula is C73H51N3. The van der Waals surface area contributed by atoms with Crippen molar-refractivity contribution in [3.05, 3.63) is 284 Å². The third-order valence-electron chi connectivity index (χ3n) is 16.3. The molecule has 3 heteroatoms. The fourth-order valence-electron chi connectivity index (χ4n) is 12.6. The van der Waals surface area contributed by atoms with Crippen molar-refractivity contribution >= 4 is 88.2 Å². The SMILES string of the molecule is CC1(C)c2cc(-c3ccc4c5c6ccc7cccc8ccc(cc5n(-c5ccccc5)c4c3)c6c87)ccc2-c2ccc(N(c3ccc(-c4ccccc4)cc3)c3ccc(N(c4ccccc4)c4ccccc4)cc3)cc21. The molecule has 1 aromatic heterocycles. The van der Waals surface area contributed by atoms with Crippen LogP contribution in [0.5, 0.6) is 0 Å². The van der Waals surface area contributed by atoms with Gasteiger partial charge in [0, 0.05) is 56.0 Å². The van der Waals surface area contributed by atoms with Crippen molar-refractivity contribution in [2.75, 3.05) is 9.80 Å². The molecule has 0 saturated carbocycles. The first-order chi connectivity index (χ1) is 37.4. The van der Waals surface area contributed by atoms with E-state index >= 15 is 0 Å². The van der Waals surface area contributed by atoms with E-state index in [2.05, 4.69) is 301 Å².